The van der Waals surface area contributed by atoms with Gasteiger partial charge in [-0.1, -0.05) is 77.0 Å². The number of hydrogen-bond acceptors (Lipinski definition) is 0. The predicted molar refractivity (Wildman–Crippen MR) is 103 cm³/mol. The van der Waals surface area contributed by atoms with Gasteiger partial charge in [-0.15, -0.1) is 0 Å². The van der Waals surface area contributed by atoms with E-state index >= 15 is 0 Å². The first-order chi connectivity index (χ1) is 9.85. The first kappa shape index (κ1) is 21.2. The van der Waals surface area contributed by atoms with E-state index in [2.05, 4.69) is 88.0 Å². The van der Waals surface area contributed by atoms with Gasteiger partial charge in [-0.2, -0.15) is 0 Å². The van der Waals surface area contributed by atoms with Crippen LogP contribution in [0.4, 0.5) is 0 Å². The average molecular weight is 305 g/mol. The predicted octanol–water partition coefficient (Wildman–Crippen LogP) is 7.58. The maximum atomic E-state index is 4.27. The minimum absolute atomic E-state index is 0.0974. The van der Waals surface area contributed by atoms with Crippen LogP contribution in [0.25, 0.3) is 0 Å². The van der Waals surface area contributed by atoms with E-state index < -0.39 is 0 Å². The van der Waals surface area contributed by atoms with Crippen LogP contribution < -0.4 is 0 Å². The lowest BCUT2D eigenvalue weighted by atomic mass is 9.70. The van der Waals surface area contributed by atoms with Gasteiger partial charge in [0.25, 0.3) is 0 Å². The van der Waals surface area contributed by atoms with E-state index in [9.17, 15) is 0 Å². The summed E-state index contributed by atoms with van der Waals surface area (Å²) in [7, 11) is 0. The molecule has 0 aliphatic carbocycles. The summed E-state index contributed by atoms with van der Waals surface area (Å²) in [6.45, 7) is 27.2. The molecular formula is C22H40. The molecule has 0 aromatic rings. The molecule has 0 saturated carbocycles. The highest BCUT2D eigenvalue weighted by Crippen LogP contribution is 2.40. The molecule has 0 spiro atoms. The topological polar surface area (TPSA) is 0 Å². The smallest absolute Gasteiger partial charge is 0.00629 e. The van der Waals surface area contributed by atoms with Gasteiger partial charge in [0.1, 0.15) is 0 Å². The monoisotopic (exact) mass is 304 g/mol. The molecule has 0 heterocycles. The molecule has 0 aliphatic heterocycles. The van der Waals surface area contributed by atoms with Gasteiger partial charge < -0.3 is 0 Å². The van der Waals surface area contributed by atoms with Gasteiger partial charge >= 0.3 is 0 Å². The lowest BCUT2D eigenvalue weighted by molar-refractivity contribution is 0.171. The van der Waals surface area contributed by atoms with Gasteiger partial charge in [0.05, 0.1) is 0 Å². The number of allylic oxidation sites excluding steroid dienone is 5. The van der Waals surface area contributed by atoms with E-state index in [1.807, 2.05) is 0 Å². The Morgan fingerprint density at radius 2 is 1.50 bits per heavy atom. The van der Waals surface area contributed by atoms with E-state index in [1.165, 1.54) is 29.6 Å². The van der Waals surface area contributed by atoms with Gasteiger partial charge in [0.15, 0.2) is 0 Å². The summed E-state index contributed by atoms with van der Waals surface area (Å²) in [5.74, 6) is 1.46. The normalized spacial score (nSPS) is 19.5. The molecule has 0 amide bonds. The Morgan fingerprint density at radius 3 is 1.86 bits per heavy atom. The molecule has 0 aromatic heterocycles. The molecule has 3 unspecified atom stereocenters. The summed E-state index contributed by atoms with van der Waals surface area (Å²) >= 11 is 0. The highest BCUT2D eigenvalue weighted by Gasteiger charge is 2.29. The van der Waals surface area contributed by atoms with E-state index in [0.717, 1.165) is 11.8 Å². The zero-order chi connectivity index (χ0) is 17.7. The summed E-state index contributed by atoms with van der Waals surface area (Å²) in [6.07, 6.45) is 7.05. The molecule has 0 rings (SSSR count). The summed E-state index contributed by atoms with van der Waals surface area (Å²) in [4.78, 5) is 0. The highest BCUT2D eigenvalue weighted by atomic mass is 14.3. The van der Waals surface area contributed by atoms with E-state index in [1.54, 1.807) is 0 Å². The summed E-state index contributed by atoms with van der Waals surface area (Å²) in [6, 6.07) is 0. The SMILES string of the molecule is C=C(C)C(C)(C=C(C)C(C)=CC)CCC(C)C(C)C(C)(C)C. The summed E-state index contributed by atoms with van der Waals surface area (Å²) in [5.41, 5.74) is 4.49. The van der Waals surface area contributed by atoms with Crippen molar-refractivity contribution in [3.05, 3.63) is 35.5 Å². The van der Waals surface area contributed by atoms with Crippen LogP contribution in [0.1, 0.15) is 82.1 Å². The third kappa shape index (κ3) is 6.15. The van der Waals surface area contributed by atoms with Crippen LogP contribution in [-0.2, 0) is 0 Å². The molecule has 0 aromatic carbocycles. The Hall–Kier alpha value is -0.780. The fourth-order valence-electron chi connectivity index (χ4n) is 2.86. The quantitative estimate of drug-likeness (QED) is 0.336. The molecule has 0 saturated heterocycles. The third-order valence-electron chi connectivity index (χ3n) is 5.90. The Bertz CT molecular complexity index is 427. The van der Waals surface area contributed by atoms with E-state index in [-0.39, 0.29) is 5.41 Å². The first-order valence-corrected chi connectivity index (χ1v) is 8.84. The van der Waals surface area contributed by atoms with Crippen molar-refractivity contribution in [3.8, 4) is 0 Å². The standard InChI is InChI=1S/C22H40/c1-12-17(4)19(6)15-22(11,16(2)3)14-13-18(5)20(7)21(8,9)10/h12,15,18,20H,2,13-14H2,1,3-11H3. The second-order valence-corrected chi connectivity index (χ2v) is 8.67. The van der Waals surface area contributed by atoms with Crippen LogP contribution in [0.2, 0.25) is 0 Å². The number of hydrogen-bond donors (Lipinski definition) is 0. The molecule has 0 radical (unpaired) electrons. The van der Waals surface area contributed by atoms with Crippen molar-refractivity contribution in [1.29, 1.82) is 0 Å². The van der Waals surface area contributed by atoms with Crippen LogP contribution in [0.3, 0.4) is 0 Å². The number of rotatable bonds is 7. The molecule has 128 valence electrons. The van der Waals surface area contributed by atoms with Crippen molar-refractivity contribution in [2.75, 3.05) is 0 Å². The fourth-order valence-corrected chi connectivity index (χ4v) is 2.86. The Kier molecular flexibility index (Phi) is 7.89. The average Bonchev–Trinajstić information content (AvgIpc) is 2.41. The van der Waals surface area contributed by atoms with E-state index in [0.29, 0.717) is 5.41 Å². The summed E-state index contributed by atoms with van der Waals surface area (Å²) < 4.78 is 0. The molecule has 0 fully saturated rings. The van der Waals surface area contributed by atoms with Gasteiger partial charge in [-0.3, -0.25) is 0 Å². The van der Waals surface area contributed by atoms with Gasteiger partial charge in [-0.05, 0) is 57.8 Å². The van der Waals surface area contributed by atoms with Crippen molar-refractivity contribution in [3.63, 3.8) is 0 Å². The minimum atomic E-state index is 0.0974. The van der Waals surface area contributed by atoms with Crippen molar-refractivity contribution < 1.29 is 0 Å². The van der Waals surface area contributed by atoms with Crippen LogP contribution in [0, 0.1) is 22.7 Å². The van der Waals surface area contributed by atoms with E-state index in [4.69, 9.17) is 0 Å². The van der Waals surface area contributed by atoms with Crippen molar-refractivity contribution >= 4 is 0 Å². The highest BCUT2D eigenvalue weighted by molar-refractivity contribution is 5.31. The lowest BCUT2D eigenvalue weighted by Gasteiger charge is -2.35. The zero-order valence-corrected chi connectivity index (χ0v) is 16.9. The Labute approximate surface area is 140 Å². The largest absolute Gasteiger partial charge is 0.0993 e. The first-order valence-electron chi connectivity index (χ1n) is 8.84. The van der Waals surface area contributed by atoms with Crippen molar-refractivity contribution in [2.45, 2.75) is 82.1 Å². The molecule has 3 atom stereocenters. The fraction of sp³-hybridized carbons (Fsp3) is 0.727. The molecule has 0 N–H and O–H groups in total. The van der Waals surface area contributed by atoms with Crippen LogP contribution in [0.15, 0.2) is 35.5 Å². The lowest BCUT2D eigenvalue weighted by Crippen LogP contribution is -2.25. The van der Waals surface area contributed by atoms with Gasteiger partial charge in [-0.25, -0.2) is 0 Å². The van der Waals surface area contributed by atoms with Crippen LogP contribution in [-0.4, -0.2) is 0 Å². The molecule has 0 heteroatoms. The van der Waals surface area contributed by atoms with Crippen molar-refractivity contribution in [1.82, 2.24) is 0 Å². The maximum absolute atomic E-state index is 4.27. The summed E-state index contributed by atoms with van der Waals surface area (Å²) in [5, 5.41) is 0. The van der Waals surface area contributed by atoms with Crippen molar-refractivity contribution in [2.24, 2.45) is 22.7 Å². The van der Waals surface area contributed by atoms with Gasteiger partial charge in [0, 0.05) is 5.41 Å². The Morgan fingerprint density at radius 1 is 1.00 bits per heavy atom. The maximum Gasteiger partial charge on any atom is 0.00629 e. The molecule has 0 aliphatic rings. The molecule has 0 bridgehead atoms. The molecule has 22 heavy (non-hydrogen) atoms. The second-order valence-electron chi connectivity index (χ2n) is 8.67. The van der Waals surface area contributed by atoms with Crippen LogP contribution in [0.5, 0.6) is 0 Å². The third-order valence-corrected chi connectivity index (χ3v) is 5.90. The van der Waals surface area contributed by atoms with Gasteiger partial charge in [0.2, 0.25) is 0 Å². The van der Waals surface area contributed by atoms with Crippen LogP contribution >= 0.6 is 0 Å². The zero-order valence-electron chi connectivity index (χ0n) is 16.9. The minimum Gasteiger partial charge on any atom is -0.0993 e. The molecular weight excluding hydrogens is 264 g/mol. The second kappa shape index (κ2) is 8.18. The Balaban J connectivity index is 5.12. The molecule has 0 nitrogen and oxygen atoms in total.